The molecule has 1 unspecified atom stereocenters. The maximum absolute atomic E-state index is 6.26. The van der Waals surface area contributed by atoms with E-state index in [4.69, 9.17) is 5.73 Å². The van der Waals surface area contributed by atoms with Crippen LogP contribution in [0, 0.1) is 10.5 Å². The number of halogens is 1. The van der Waals surface area contributed by atoms with Crippen LogP contribution in [0.2, 0.25) is 0 Å². The SMILES string of the molecule is Cc1ccc(C(N)c2ccccc2I)cc1. The maximum atomic E-state index is 6.26. The first-order valence-corrected chi connectivity index (χ1v) is 6.33. The Labute approximate surface area is 110 Å². The van der Waals surface area contributed by atoms with Crippen LogP contribution in [0.1, 0.15) is 22.7 Å². The van der Waals surface area contributed by atoms with Crippen molar-refractivity contribution < 1.29 is 0 Å². The van der Waals surface area contributed by atoms with Gasteiger partial charge >= 0.3 is 0 Å². The Morgan fingerprint density at radius 2 is 1.62 bits per heavy atom. The molecule has 2 N–H and O–H groups in total. The van der Waals surface area contributed by atoms with Crippen LogP contribution in [0.5, 0.6) is 0 Å². The first-order chi connectivity index (χ1) is 7.68. The van der Waals surface area contributed by atoms with Gasteiger partial charge < -0.3 is 5.73 Å². The number of benzene rings is 2. The molecule has 82 valence electrons. The molecule has 2 rings (SSSR count). The molecular weight excluding hydrogens is 309 g/mol. The fourth-order valence-corrected chi connectivity index (χ4v) is 2.40. The van der Waals surface area contributed by atoms with Crippen molar-refractivity contribution in [1.82, 2.24) is 0 Å². The highest BCUT2D eigenvalue weighted by molar-refractivity contribution is 14.1. The van der Waals surface area contributed by atoms with E-state index in [1.807, 2.05) is 12.1 Å². The lowest BCUT2D eigenvalue weighted by molar-refractivity contribution is 0.864. The smallest absolute Gasteiger partial charge is 0.0562 e. The molecule has 0 bridgehead atoms. The minimum atomic E-state index is -0.0336. The summed E-state index contributed by atoms with van der Waals surface area (Å²) in [7, 11) is 0. The minimum Gasteiger partial charge on any atom is -0.320 e. The van der Waals surface area contributed by atoms with Gasteiger partial charge in [0.05, 0.1) is 6.04 Å². The lowest BCUT2D eigenvalue weighted by Gasteiger charge is -2.14. The van der Waals surface area contributed by atoms with Crippen LogP contribution in [0.15, 0.2) is 48.5 Å². The van der Waals surface area contributed by atoms with E-state index in [9.17, 15) is 0 Å². The van der Waals surface area contributed by atoms with Crippen LogP contribution in [0.3, 0.4) is 0 Å². The normalized spacial score (nSPS) is 12.4. The van der Waals surface area contributed by atoms with Crippen LogP contribution in [-0.2, 0) is 0 Å². The third kappa shape index (κ3) is 2.44. The van der Waals surface area contributed by atoms with Crippen molar-refractivity contribution in [3.05, 3.63) is 68.8 Å². The molecule has 2 heteroatoms. The van der Waals surface area contributed by atoms with Crippen molar-refractivity contribution in [3.63, 3.8) is 0 Å². The van der Waals surface area contributed by atoms with E-state index in [-0.39, 0.29) is 6.04 Å². The molecule has 0 saturated carbocycles. The van der Waals surface area contributed by atoms with E-state index in [0.717, 1.165) is 5.56 Å². The van der Waals surface area contributed by atoms with Crippen LogP contribution >= 0.6 is 22.6 Å². The average molecular weight is 323 g/mol. The van der Waals surface area contributed by atoms with E-state index in [0.29, 0.717) is 0 Å². The quantitative estimate of drug-likeness (QED) is 0.839. The zero-order chi connectivity index (χ0) is 11.5. The molecule has 0 aliphatic carbocycles. The summed E-state index contributed by atoms with van der Waals surface area (Å²) < 4.78 is 1.22. The summed E-state index contributed by atoms with van der Waals surface area (Å²) in [6.45, 7) is 2.08. The summed E-state index contributed by atoms with van der Waals surface area (Å²) in [5, 5.41) is 0. The van der Waals surface area contributed by atoms with E-state index >= 15 is 0 Å². The Kier molecular flexibility index (Phi) is 3.61. The zero-order valence-electron chi connectivity index (χ0n) is 9.15. The summed E-state index contributed by atoms with van der Waals surface area (Å²) in [6.07, 6.45) is 0. The van der Waals surface area contributed by atoms with Gasteiger partial charge in [-0.05, 0) is 46.7 Å². The molecule has 16 heavy (non-hydrogen) atoms. The molecule has 2 aromatic carbocycles. The third-order valence-electron chi connectivity index (χ3n) is 2.68. The Hall–Kier alpha value is -0.870. The fraction of sp³-hybridized carbons (Fsp3) is 0.143. The van der Waals surface area contributed by atoms with Crippen LogP contribution < -0.4 is 5.73 Å². The summed E-state index contributed by atoms with van der Waals surface area (Å²) in [5.41, 5.74) is 9.87. The second-order valence-electron chi connectivity index (χ2n) is 3.91. The van der Waals surface area contributed by atoms with Gasteiger partial charge in [-0.15, -0.1) is 0 Å². The maximum Gasteiger partial charge on any atom is 0.0562 e. The van der Waals surface area contributed by atoms with Gasteiger partial charge in [-0.2, -0.15) is 0 Å². The molecular formula is C14H14IN. The molecule has 0 aliphatic rings. The first-order valence-electron chi connectivity index (χ1n) is 5.25. The van der Waals surface area contributed by atoms with Gasteiger partial charge in [0.15, 0.2) is 0 Å². The summed E-state index contributed by atoms with van der Waals surface area (Å²) in [4.78, 5) is 0. The van der Waals surface area contributed by atoms with Crippen molar-refractivity contribution in [2.24, 2.45) is 5.73 Å². The van der Waals surface area contributed by atoms with Crippen LogP contribution in [-0.4, -0.2) is 0 Å². The van der Waals surface area contributed by atoms with Crippen LogP contribution in [0.25, 0.3) is 0 Å². The van der Waals surface area contributed by atoms with E-state index in [1.54, 1.807) is 0 Å². The van der Waals surface area contributed by atoms with Gasteiger partial charge in [0, 0.05) is 3.57 Å². The van der Waals surface area contributed by atoms with Crippen molar-refractivity contribution in [1.29, 1.82) is 0 Å². The van der Waals surface area contributed by atoms with Crippen molar-refractivity contribution >= 4 is 22.6 Å². The van der Waals surface area contributed by atoms with Crippen molar-refractivity contribution in [3.8, 4) is 0 Å². The number of aryl methyl sites for hydroxylation is 1. The predicted octanol–water partition coefficient (Wildman–Crippen LogP) is 3.65. The molecule has 0 saturated heterocycles. The molecule has 1 atom stereocenters. The monoisotopic (exact) mass is 323 g/mol. The number of rotatable bonds is 2. The van der Waals surface area contributed by atoms with Gasteiger partial charge in [0.2, 0.25) is 0 Å². The molecule has 0 aromatic heterocycles. The molecule has 0 amide bonds. The first kappa shape index (κ1) is 11.6. The van der Waals surface area contributed by atoms with Gasteiger partial charge in [0.1, 0.15) is 0 Å². The van der Waals surface area contributed by atoms with E-state index < -0.39 is 0 Å². The number of hydrogen-bond donors (Lipinski definition) is 1. The summed E-state index contributed by atoms with van der Waals surface area (Å²) >= 11 is 2.33. The molecule has 0 radical (unpaired) electrons. The standard InChI is InChI=1S/C14H14IN/c1-10-6-8-11(9-7-10)14(16)12-4-2-3-5-13(12)15/h2-9,14H,16H2,1H3. The van der Waals surface area contributed by atoms with Crippen molar-refractivity contribution in [2.45, 2.75) is 13.0 Å². The molecule has 0 aliphatic heterocycles. The second-order valence-corrected chi connectivity index (χ2v) is 5.07. The molecule has 0 heterocycles. The summed E-state index contributed by atoms with van der Waals surface area (Å²) in [6, 6.07) is 16.6. The third-order valence-corrected chi connectivity index (χ3v) is 3.66. The largest absolute Gasteiger partial charge is 0.320 e. The highest BCUT2D eigenvalue weighted by Gasteiger charge is 2.10. The lowest BCUT2D eigenvalue weighted by atomic mass is 9.99. The second kappa shape index (κ2) is 4.97. The van der Waals surface area contributed by atoms with Gasteiger partial charge in [-0.1, -0.05) is 48.0 Å². The zero-order valence-corrected chi connectivity index (χ0v) is 11.3. The predicted molar refractivity (Wildman–Crippen MR) is 76.4 cm³/mol. The molecule has 0 spiro atoms. The Balaban J connectivity index is 2.35. The summed E-state index contributed by atoms with van der Waals surface area (Å²) in [5.74, 6) is 0. The van der Waals surface area contributed by atoms with Gasteiger partial charge in [0.25, 0.3) is 0 Å². The minimum absolute atomic E-state index is 0.0336. The highest BCUT2D eigenvalue weighted by Crippen LogP contribution is 2.24. The fourth-order valence-electron chi connectivity index (χ4n) is 1.68. The Morgan fingerprint density at radius 1 is 1.00 bits per heavy atom. The number of hydrogen-bond acceptors (Lipinski definition) is 1. The van der Waals surface area contributed by atoms with E-state index in [2.05, 4.69) is 65.9 Å². The van der Waals surface area contributed by atoms with Crippen LogP contribution in [0.4, 0.5) is 0 Å². The number of nitrogens with two attached hydrogens (primary N) is 1. The topological polar surface area (TPSA) is 26.0 Å². The lowest BCUT2D eigenvalue weighted by Crippen LogP contribution is -2.13. The molecule has 0 fully saturated rings. The van der Waals surface area contributed by atoms with E-state index in [1.165, 1.54) is 14.7 Å². The molecule has 2 aromatic rings. The molecule has 1 nitrogen and oxygen atoms in total. The van der Waals surface area contributed by atoms with Gasteiger partial charge in [-0.3, -0.25) is 0 Å². The van der Waals surface area contributed by atoms with Gasteiger partial charge in [-0.25, -0.2) is 0 Å². The van der Waals surface area contributed by atoms with Crippen molar-refractivity contribution in [2.75, 3.05) is 0 Å². The average Bonchev–Trinajstić information content (AvgIpc) is 2.30. The Morgan fingerprint density at radius 3 is 2.25 bits per heavy atom. The Bertz CT molecular complexity index is 476. The highest BCUT2D eigenvalue weighted by atomic mass is 127.